The molecule has 0 atom stereocenters. The minimum Gasteiger partial charge on any atom is -0.508 e. The van der Waals surface area contributed by atoms with Gasteiger partial charge in [-0.2, -0.15) is 10.2 Å². The highest BCUT2D eigenvalue weighted by Gasteiger charge is 1.94. The zero-order valence-electron chi connectivity index (χ0n) is 8.91. The molecule has 0 aliphatic heterocycles. The zero-order chi connectivity index (χ0) is 11.4. The molecule has 0 aliphatic rings. The molecule has 0 aliphatic carbocycles. The summed E-state index contributed by atoms with van der Waals surface area (Å²) < 4.78 is 1.93. The van der Waals surface area contributed by atoms with Crippen LogP contribution >= 0.6 is 0 Å². The normalized spacial score (nSPS) is 10.8. The van der Waals surface area contributed by atoms with E-state index in [0.29, 0.717) is 5.69 Å². The van der Waals surface area contributed by atoms with Gasteiger partial charge in [-0.05, 0) is 24.3 Å². The zero-order valence-corrected chi connectivity index (χ0v) is 8.91. The summed E-state index contributed by atoms with van der Waals surface area (Å²) in [6, 6.07) is 10.3. The Morgan fingerprint density at radius 2 is 1.38 bits per heavy atom. The van der Waals surface area contributed by atoms with E-state index in [9.17, 15) is 0 Å². The van der Waals surface area contributed by atoms with Gasteiger partial charge in [0.05, 0.1) is 11.4 Å². The number of hydrogen-bond donors (Lipinski definition) is 1. The molecule has 4 heteroatoms. The van der Waals surface area contributed by atoms with Crippen molar-refractivity contribution in [2.75, 3.05) is 0 Å². The van der Waals surface area contributed by atoms with Crippen LogP contribution in [0.3, 0.4) is 0 Å². The second-order valence-electron chi connectivity index (χ2n) is 3.44. The van der Waals surface area contributed by atoms with Gasteiger partial charge in [-0.3, -0.25) is 0 Å². The highest BCUT2D eigenvalue weighted by atomic mass is 16.3. The minimum atomic E-state index is 0.227. The summed E-state index contributed by atoms with van der Waals surface area (Å²) in [5.74, 6) is 0.227. The molecule has 0 saturated carbocycles. The van der Waals surface area contributed by atoms with E-state index in [4.69, 9.17) is 5.11 Å². The van der Waals surface area contributed by atoms with Crippen molar-refractivity contribution in [2.24, 2.45) is 17.3 Å². The molecular weight excluding hydrogens is 202 g/mol. The summed E-state index contributed by atoms with van der Waals surface area (Å²) in [4.78, 5) is 0. The van der Waals surface area contributed by atoms with Crippen molar-refractivity contribution in [1.29, 1.82) is 0 Å². The molecule has 1 aromatic carbocycles. The van der Waals surface area contributed by atoms with Gasteiger partial charge in [0.1, 0.15) is 12.8 Å². The van der Waals surface area contributed by atoms with Crippen LogP contribution in [-0.2, 0) is 7.05 Å². The van der Waals surface area contributed by atoms with Gasteiger partial charge < -0.3 is 5.11 Å². The second-order valence-corrected chi connectivity index (χ2v) is 3.44. The number of azo groups is 1. The first kappa shape index (κ1) is 10.3. The van der Waals surface area contributed by atoms with E-state index < -0.39 is 0 Å². The summed E-state index contributed by atoms with van der Waals surface area (Å²) in [6.07, 6.45) is 3.82. The first-order chi connectivity index (χ1) is 7.74. The number of aromatic nitrogens is 1. The molecule has 0 saturated heterocycles. The first-order valence-electron chi connectivity index (χ1n) is 4.90. The van der Waals surface area contributed by atoms with Gasteiger partial charge in [0, 0.05) is 12.1 Å². The lowest BCUT2D eigenvalue weighted by atomic mass is 10.3. The SMILES string of the molecule is C[n+]1ccc(N=Nc2ccc(O)cc2)cc1. The Kier molecular flexibility index (Phi) is 2.91. The summed E-state index contributed by atoms with van der Waals surface area (Å²) in [5.41, 5.74) is 1.51. The molecule has 0 bridgehead atoms. The Bertz CT molecular complexity index is 441. The lowest BCUT2D eigenvalue weighted by Crippen LogP contribution is -2.25. The van der Waals surface area contributed by atoms with Gasteiger partial charge in [0.2, 0.25) is 0 Å². The summed E-state index contributed by atoms with van der Waals surface area (Å²) in [5, 5.41) is 17.2. The van der Waals surface area contributed by atoms with Gasteiger partial charge in [0.15, 0.2) is 12.4 Å². The molecule has 16 heavy (non-hydrogen) atoms. The Hall–Kier alpha value is -2.23. The number of aromatic hydroxyl groups is 1. The van der Waals surface area contributed by atoms with Crippen LogP contribution in [0.5, 0.6) is 5.75 Å². The Labute approximate surface area is 93.5 Å². The Morgan fingerprint density at radius 3 is 1.94 bits per heavy atom. The summed E-state index contributed by atoms with van der Waals surface area (Å²) >= 11 is 0. The standard InChI is InChI=1S/C12H11N3O/c1-15-8-6-11(7-9-15)14-13-10-2-4-12(16)5-3-10/h2-9H,1H3/p+1. The smallest absolute Gasteiger partial charge is 0.170 e. The van der Waals surface area contributed by atoms with Gasteiger partial charge in [-0.15, -0.1) is 0 Å². The van der Waals surface area contributed by atoms with Crippen LogP contribution in [0.15, 0.2) is 59.0 Å². The molecule has 0 unspecified atom stereocenters. The quantitative estimate of drug-likeness (QED) is 0.606. The maximum atomic E-state index is 9.10. The highest BCUT2D eigenvalue weighted by molar-refractivity contribution is 5.41. The molecule has 2 rings (SSSR count). The number of phenols is 1. The van der Waals surface area contributed by atoms with Crippen molar-refractivity contribution in [3.05, 3.63) is 48.8 Å². The van der Waals surface area contributed by atoms with Gasteiger partial charge >= 0.3 is 0 Å². The van der Waals surface area contributed by atoms with Gasteiger partial charge in [-0.1, -0.05) is 0 Å². The molecule has 2 aromatic rings. The second kappa shape index (κ2) is 4.53. The van der Waals surface area contributed by atoms with Crippen LogP contribution in [0, 0.1) is 0 Å². The predicted octanol–water partition coefficient (Wildman–Crippen LogP) is 2.63. The number of benzene rings is 1. The maximum Gasteiger partial charge on any atom is 0.170 e. The molecule has 0 spiro atoms. The van der Waals surface area contributed by atoms with E-state index in [1.165, 1.54) is 0 Å². The van der Waals surface area contributed by atoms with E-state index in [1.54, 1.807) is 24.3 Å². The number of rotatable bonds is 2. The summed E-state index contributed by atoms with van der Waals surface area (Å²) in [7, 11) is 1.95. The minimum absolute atomic E-state index is 0.227. The predicted molar refractivity (Wildman–Crippen MR) is 59.9 cm³/mol. The van der Waals surface area contributed by atoms with Gasteiger partial charge in [-0.25, -0.2) is 4.57 Å². The lowest BCUT2D eigenvalue weighted by Gasteiger charge is -1.93. The fourth-order valence-electron chi connectivity index (χ4n) is 1.19. The van der Waals surface area contributed by atoms with E-state index in [1.807, 2.05) is 36.1 Å². The average molecular weight is 214 g/mol. The number of phenolic OH excluding ortho intramolecular Hbond substituents is 1. The van der Waals surface area contributed by atoms with Crippen molar-refractivity contribution < 1.29 is 9.67 Å². The molecule has 4 nitrogen and oxygen atoms in total. The molecule has 0 fully saturated rings. The van der Waals surface area contributed by atoms with Crippen molar-refractivity contribution in [3.63, 3.8) is 0 Å². The van der Waals surface area contributed by atoms with E-state index in [0.717, 1.165) is 5.69 Å². The fraction of sp³-hybridized carbons (Fsp3) is 0.0833. The number of hydrogen-bond acceptors (Lipinski definition) is 3. The Balaban J connectivity index is 2.15. The van der Waals surface area contributed by atoms with Crippen LogP contribution in [0.2, 0.25) is 0 Å². The largest absolute Gasteiger partial charge is 0.508 e. The van der Waals surface area contributed by atoms with Crippen LogP contribution in [0.25, 0.3) is 0 Å². The lowest BCUT2D eigenvalue weighted by molar-refractivity contribution is -0.671. The Morgan fingerprint density at radius 1 is 0.875 bits per heavy atom. The van der Waals surface area contributed by atoms with Crippen LogP contribution < -0.4 is 4.57 Å². The van der Waals surface area contributed by atoms with Crippen LogP contribution in [-0.4, -0.2) is 5.11 Å². The molecule has 0 amide bonds. The summed E-state index contributed by atoms with van der Waals surface area (Å²) in [6.45, 7) is 0. The van der Waals surface area contributed by atoms with Crippen LogP contribution in [0.1, 0.15) is 0 Å². The molecule has 1 aromatic heterocycles. The molecular formula is C12H12N3O+. The van der Waals surface area contributed by atoms with E-state index >= 15 is 0 Å². The number of pyridine rings is 1. The number of nitrogens with zero attached hydrogens (tertiary/aromatic N) is 3. The van der Waals surface area contributed by atoms with Crippen molar-refractivity contribution >= 4 is 11.4 Å². The van der Waals surface area contributed by atoms with Crippen molar-refractivity contribution in [2.45, 2.75) is 0 Å². The van der Waals surface area contributed by atoms with Gasteiger partial charge in [0.25, 0.3) is 0 Å². The number of aryl methyl sites for hydroxylation is 1. The fourth-order valence-corrected chi connectivity index (χ4v) is 1.19. The van der Waals surface area contributed by atoms with E-state index in [2.05, 4.69) is 10.2 Å². The van der Waals surface area contributed by atoms with Crippen molar-refractivity contribution in [1.82, 2.24) is 0 Å². The molecule has 1 heterocycles. The van der Waals surface area contributed by atoms with Crippen molar-refractivity contribution in [3.8, 4) is 5.75 Å². The third-order valence-electron chi connectivity index (χ3n) is 2.09. The first-order valence-corrected chi connectivity index (χ1v) is 4.90. The average Bonchev–Trinajstić information content (AvgIpc) is 2.30. The monoisotopic (exact) mass is 214 g/mol. The van der Waals surface area contributed by atoms with Crippen LogP contribution in [0.4, 0.5) is 11.4 Å². The highest BCUT2D eigenvalue weighted by Crippen LogP contribution is 2.19. The van der Waals surface area contributed by atoms with E-state index in [-0.39, 0.29) is 5.75 Å². The molecule has 80 valence electrons. The molecule has 1 N–H and O–H groups in total. The topological polar surface area (TPSA) is 48.8 Å². The third-order valence-corrected chi connectivity index (χ3v) is 2.09. The molecule has 0 radical (unpaired) electrons. The maximum absolute atomic E-state index is 9.10. The third kappa shape index (κ3) is 2.63.